The van der Waals surface area contributed by atoms with Crippen molar-refractivity contribution in [2.45, 2.75) is 20.3 Å². The zero-order valence-electron chi connectivity index (χ0n) is 10.9. The van der Waals surface area contributed by atoms with Gasteiger partial charge in [0.2, 0.25) is 0 Å². The van der Waals surface area contributed by atoms with Crippen LogP contribution in [0.1, 0.15) is 30.6 Å². The van der Waals surface area contributed by atoms with Crippen molar-refractivity contribution < 1.29 is 9.72 Å². The normalized spacial score (nSPS) is 10.4. The molecule has 0 radical (unpaired) electrons. The molecule has 0 aliphatic carbocycles. The van der Waals surface area contributed by atoms with E-state index in [1.54, 1.807) is 12.1 Å². The number of nitro groups is 1. The van der Waals surface area contributed by atoms with Crippen LogP contribution in [0.3, 0.4) is 0 Å². The fraction of sp³-hybridized carbons (Fsp3) is 0.462. The molecule has 1 aromatic rings. The summed E-state index contributed by atoms with van der Waals surface area (Å²) < 4.78 is 0. The van der Waals surface area contributed by atoms with Gasteiger partial charge in [-0.05, 0) is 24.5 Å². The first-order valence-corrected chi connectivity index (χ1v) is 5.90. The summed E-state index contributed by atoms with van der Waals surface area (Å²) >= 11 is 0. The second-order valence-corrected chi connectivity index (χ2v) is 4.73. The quantitative estimate of drug-likeness (QED) is 0.442. The van der Waals surface area contributed by atoms with E-state index < -0.39 is 4.92 Å². The number of nitro benzene ring substituents is 1. The van der Waals surface area contributed by atoms with Crippen LogP contribution in [-0.2, 0) is 0 Å². The van der Waals surface area contributed by atoms with Crippen LogP contribution in [0.4, 0.5) is 11.4 Å². The number of hydrogen-bond donors (Lipinski definition) is 0. The van der Waals surface area contributed by atoms with Crippen molar-refractivity contribution in [2.24, 2.45) is 5.92 Å². The Labute approximate surface area is 107 Å². The number of hydrogen-bond acceptors (Lipinski definition) is 4. The average molecular weight is 250 g/mol. The number of anilines is 1. The Balaban J connectivity index is 2.99. The molecule has 0 aliphatic heterocycles. The first kappa shape index (κ1) is 14.2. The molecular weight excluding hydrogens is 232 g/mol. The van der Waals surface area contributed by atoms with Gasteiger partial charge in [0.05, 0.1) is 4.92 Å². The number of carbonyl (C=O) groups is 1. The van der Waals surface area contributed by atoms with Gasteiger partial charge in [-0.2, -0.15) is 0 Å². The molecule has 5 heteroatoms. The van der Waals surface area contributed by atoms with Crippen molar-refractivity contribution in [1.29, 1.82) is 0 Å². The molecule has 98 valence electrons. The maximum absolute atomic E-state index is 11.0. The van der Waals surface area contributed by atoms with E-state index in [9.17, 15) is 14.9 Å². The van der Waals surface area contributed by atoms with Crippen LogP contribution in [-0.4, -0.2) is 24.8 Å². The summed E-state index contributed by atoms with van der Waals surface area (Å²) in [5.74, 6) is 0.542. The molecule has 0 unspecified atom stereocenters. The molecule has 1 rings (SSSR count). The van der Waals surface area contributed by atoms with Gasteiger partial charge < -0.3 is 4.90 Å². The van der Waals surface area contributed by atoms with E-state index in [-0.39, 0.29) is 5.69 Å². The maximum Gasteiger partial charge on any atom is 0.293 e. The summed E-state index contributed by atoms with van der Waals surface area (Å²) in [5, 5.41) is 11.0. The second-order valence-electron chi connectivity index (χ2n) is 4.73. The molecule has 0 saturated heterocycles. The van der Waals surface area contributed by atoms with Crippen molar-refractivity contribution in [3.63, 3.8) is 0 Å². The number of carbonyl (C=O) groups excluding carboxylic acids is 1. The standard InChI is InChI=1S/C13H18N2O3/c1-10(2)6-7-14(3)12-5-4-11(9-16)8-13(12)15(17)18/h4-5,8-10H,6-7H2,1-3H3. The number of aldehydes is 1. The Hall–Kier alpha value is -1.91. The van der Waals surface area contributed by atoms with Crippen LogP contribution < -0.4 is 4.90 Å². The third kappa shape index (κ3) is 3.55. The number of nitrogens with zero attached hydrogens (tertiary/aromatic N) is 2. The van der Waals surface area contributed by atoms with Gasteiger partial charge in [-0.3, -0.25) is 14.9 Å². The van der Waals surface area contributed by atoms with Gasteiger partial charge >= 0.3 is 0 Å². The zero-order chi connectivity index (χ0) is 13.7. The third-order valence-corrected chi connectivity index (χ3v) is 2.79. The van der Waals surface area contributed by atoms with Gasteiger partial charge in [-0.15, -0.1) is 0 Å². The van der Waals surface area contributed by atoms with Gasteiger partial charge in [-0.1, -0.05) is 13.8 Å². The minimum atomic E-state index is -0.450. The largest absolute Gasteiger partial charge is 0.369 e. The first-order chi connectivity index (χ1) is 8.45. The Morgan fingerprint density at radius 3 is 2.61 bits per heavy atom. The van der Waals surface area contributed by atoms with Crippen LogP contribution in [0.25, 0.3) is 0 Å². The second kappa shape index (κ2) is 6.14. The fourth-order valence-corrected chi connectivity index (χ4v) is 1.66. The molecule has 0 amide bonds. The molecule has 0 aromatic heterocycles. The SMILES string of the molecule is CC(C)CCN(C)c1ccc(C=O)cc1[N+](=O)[O-]. The van der Waals surface area contributed by atoms with Gasteiger partial charge in [0.15, 0.2) is 0 Å². The molecular formula is C13H18N2O3. The monoisotopic (exact) mass is 250 g/mol. The van der Waals surface area contributed by atoms with Crippen LogP contribution in [0, 0.1) is 16.0 Å². The van der Waals surface area contributed by atoms with E-state index >= 15 is 0 Å². The average Bonchev–Trinajstić information content (AvgIpc) is 2.34. The highest BCUT2D eigenvalue weighted by Crippen LogP contribution is 2.28. The lowest BCUT2D eigenvalue weighted by atomic mass is 10.1. The van der Waals surface area contributed by atoms with E-state index in [2.05, 4.69) is 13.8 Å². The first-order valence-electron chi connectivity index (χ1n) is 5.90. The third-order valence-electron chi connectivity index (χ3n) is 2.79. The Kier molecular flexibility index (Phi) is 4.83. The number of benzene rings is 1. The summed E-state index contributed by atoms with van der Waals surface area (Å²) in [4.78, 5) is 23.0. The summed E-state index contributed by atoms with van der Waals surface area (Å²) in [6, 6.07) is 4.54. The summed E-state index contributed by atoms with van der Waals surface area (Å²) in [6.45, 7) is 4.97. The van der Waals surface area contributed by atoms with Crippen LogP contribution in [0.15, 0.2) is 18.2 Å². The summed E-state index contributed by atoms with van der Waals surface area (Å²) in [6.07, 6.45) is 1.58. The minimum absolute atomic E-state index is 0.0224. The van der Waals surface area contributed by atoms with Gasteiger partial charge in [0, 0.05) is 25.2 Å². The highest BCUT2D eigenvalue weighted by atomic mass is 16.6. The highest BCUT2D eigenvalue weighted by molar-refractivity contribution is 5.79. The summed E-state index contributed by atoms with van der Waals surface area (Å²) in [7, 11) is 1.82. The van der Waals surface area contributed by atoms with Gasteiger partial charge in [0.1, 0.15) is 12.0 Å². The molecule has 1 aromatic carbocycles. The number of rotatable bonds is 6. The lowest BCUT2D eigenvalue weighted by molar-refractivity contribution is -0.384. The fourth-order valence-electron chi connectivity index (χ4n) is 1.66. The van der Waals surface area contributed by atoms with E-state index in [1.807, 2.05) is 11.9 Å². The zero-order valence-corrected chi connectivity index (χ0v) is 10.9. The topological polar surface area (TPSA) is 63.5 Å². The lowest BCUT2D eigenvalue weighted by Crippen LogP contribution is -2.21. The van der Waals surface area contributed by atoms with Crippen molar-refractivity contribution in [3.05, 3.63) is 33.9 Å². The minimum Gasteiger partial charge on any atom is -0.369 e. The van der Waals surface area contributed by atoms with E-state index in [4.69, 9.17) is 0 Å². The van der Waals surface area contributed by atoms with E-state index in [0.29, 0.717) is 23.5 Å². The molecule has 18 heavy (non-hydrogen) atoms. The van der Waals surface area contributed by atoms with Gasteiger partial charge in [0.25, 0.3) is 5.69 Å². The highest BCUT2D eigenvalue weighted by Gasteiger charge is 2.17. The Morgan fingerprint density at radius 2 is 2.11 bits per heavy atom. The Morgan fingerprint density at radius 1 is 1.44 bits per heavy atom. The smallest absolute Gasteiger partial charge is 0.293 e. The molecule has 0 fully saturated rings. The van der Waals surface area contributed by atoms with E-state index in [0.717, 1.165) is 13.0 Å². The predicted molar refractivity (Wildman–Crippen MR) is 71.2 cm³/mol. The van der Waals surface area contributed by atoms with Crippen molar-refractivity contribution in [2.75, 3.05) is 18.5 Å². The molecule has 5 nitrogen and oxygen atoms in total. The van der Waals surface area contributed by atoms with Crippen LogP contribution in [0.5, 0.6) is 0 Å². The maximum atomic E-state index is 11.0. The molecule has 0 atom stereocenters. The molecule has 0 spiro atoms. The van der Waals surface area contributed by atoms with Crippen molar-refractivity contribution >= 4 is 17.7 Å². The molecule has 0 saturated carbocycles. The van der Waals surface area contributed by atoms with Crippen LogP contribution in [0.2, 0.25) is 0 Å². The summed E-state index contributed by atoms with van der Waals surface area (Å²) in [5.41, 5.74) is 0.847. The molecule has 0 N–H and O–H groups in total. The Bertz CT molecular complexity index is 444. The van der Waals surface area contributed by atoms with Crippen molar-refractivity contribution in [1.82, 2.24) is 0 Å². The van der Waals surface area contributed by atoms with Crippen molar-refractivity contribution in [3.8, 4) is 0 Å². The van der Waals surface area contributed by atoms with E-state index in [1.165, 1.54) is 6.07 Å². The molecule has 0 heterocycles. The van der Waals surface area contributed by atoms with Gasteiger partial charge in [-0.25, -0.2) is 0 Å². The van der Waals surface area contributed by atoms with Crippen LogP contribution >= 0.6 is 0 Å². The molecule has 0 bridgehead atoms. The predicted octanol–water partition coefficient (Wildman–Crippen LogP) is 2.89. The molecule has 0 aliphatic rings. The lowest BCUT2D eigenvalue weighted by Gasteiger charge is -2.20.